The highest BCUT2D eigenvalue weighted by molar-refractivity contribution is 5.96. The lowest BCUT2D eigenvalue weighted by Crippen LogP contribution is -2.36. The van der Waals surface area contributed by atoms with Gasteiger partial charge in [-0.15, -0.1) is 0 Å². The molecule has 1 aliphatic rings. The van der Waals surface area contributed by atoms with Crippen LogP contribution < -0.4 is 15.5 Å². The third-order valence-electron chi connectivity index (χ3n) is 4.65. The van der Waals surface area contributed by atoms with Gasteiger partial charge in [-0.2, -0.15) is 0 Å². The zero-order valence-electron chi connectivity index (χ0n) is 15.5. The molecule has 2 aromatic carbocycles. The molecule has 3 rings (SSSR count). The van der Waals surface area contributed by atoms with E-state index >= 15 is 0 Å². The Morgan fingerprint density at radius 2 is 1.65 bits per heavy atom. The van der Waals surface area contributed by atoms with Crippen molar-refractivity contribution in [1.82, 2.24) is 0 Å². The fourth-order valence-corrected chi connectivity index (χ4v) is 2.98. The predicted molar refractivity (Wildman–Crippen MR) is 107 cm³/mol. The van der Waals surface area contributed by atoms with Gasteiger partial charge in [-0.25, -0.2) is 0 Å². The van der Waals surface area contributed by atoms with E-state index in [-0.39, 0.29) is 11.9 Å². The summed E-state index contributed by atoms with van der Waals surface area (Å²) >= 11 is 0. The Morgan fingerprint density at radius 1 is 1.04 bits per heavy atom. The molecule has 1 atom stereocenters. The molecule has 1 saturated heterocycles. The summed E-state index contributed by atoms with van der Waals surface area (Å²) in [6.45, 7) is 7.37. The number of hydrogen-bond acceptors (Lipinski definition) is 4. The van der Waals surface area contributed by atoms with Gasteiger partial charge in [0.2, 0.25) is 5.91 Å². The molecule has 2 N–H and O–H groups in total. The molecule has 0 bridgehead atoms. The minimum Gasteiger partial charge on any atom is -0.378 e. The van der Waals surface area contributed by atoms with Crippen molar-refractivity contribution in [1.29, 1.82) is 0 Å². The van der Waals surface area contributed by atoms with Gasteiger partial charge in [-0.3, -0.25) is 4.79 Å². The van der Waals surface area contributed by atoms with Crippen molar-refractivity contribution in [3.05, 3.63) is 54.1 Å². The largest absolute Gasteiger partial charge is 0.378 e. The van der Waals surface area contributed by atoms with E-state index in [4.69, 9.17) is 4.74 Å². The van der Waals surface area contributed by atoms with Crippen LogP contribution in [0.5, 0.6) is 0 Å². The molecule has 26 heavy (non-hydrogen) atoms. The highest BCUT2D eigenvalue weighted by atomic mass is 16.5. The predicted octanol–water partition coefficient (Wildman–Crippen LogP) is 3.52. The van der Waals surface area contributed by atoms with Crippen molar-refractivity contribution in [2.24, 2.45) is 0 Å². The number of carbonyl (C=O) groups is 1. The maximum absolute atomic E-state index is 12.4. The van der Waals surface area contributed by atoms with E-state index in [2.05, 4.69) is 34.6 Å². The van der Waals surface area contributed by atoms with Crippen LogP contribution in [0, 0.1) is 0 Å². The smallest absolute Gasteiger partial charge is 0.246 e. The second-order valence-corrected chi connectivity index (χ2v) is 6.55. The number of rotatable bonds is 6. The average Bonchev–Trinajstić information content (AvgIpc) is 2.70. The van der Waals surface area contributed by atoms with Crippen LogP contribution in [0.4, 0.5) is 17.1 Å². The van der Waals surface area contributed by atoms with Crippen molar-refractivity contribution < 1.29 is 9.53 Å². The standard InChI is InChI=1S/C21H27N3O2/c1-3-17-4-6-19(7-5-17)23-21(25)16(2)22-18-8-10-20(11-9-18)24-12-14-26-15-13-24/h4-11,16,22H,3,12-15H2,1-2H3,(H,23,25)/t16-/m1/s1. The van der Waals surface area contributed by atoms with Crippen LogP contribution in [0.2, 0.25) is 0 Å². The molecule has 0 spiro atoms. The zero-order valence-corrected chi connectivity index (χ0v) is 15.5. The molecular weight excluding hydrogens is 326 g/mol. The molecule has 1 amide bonds. The monoisotopic (exact) mass is 353 g/mol. The van der Waals surface area contributed by atoms with Gasteiger partial charge in [0.1, 0.15) is 6.04 Å². The van der Waals surface area contributed by atoms with Gasteiger partial charge >= 0.3 is 0 Å². The van der Waals surface area contributed by atoms with Crippen LogP contribution >= 0.6 is 0 Å². The Labute approximate surface area is 155 Å². The summed E-state index contributed by atoms with van der Waals surface area (Å²) in [7, 11) is 0. The van der Waals surface area contributed by atoms with E-state index in [9.17, 15) is 4.79 Å². The van der Waals surface area contributed by atoms with E-state index in [1.807, 2.05) is 43.3 Å². The number of morpholine rings is 1. The molecule has 1 fully saturated rings. The fourth-order valence-electron chi connectivity index (χ4n) is 2.98. The van der Waals surface area contributed by atoms with Crippen LogP contribution in [0.25, 0.3) is 0 Å². The lowest BCUT2D eigenvalue weighted by atomic mass is 10.1. The number of aryl methyl sites for hydroxylation is 1. The third kappa shape index (κ3) is 4.76. The van der Waals surface area contributed by atoms with Crippen LogP contribution in [-0.2, 0) is 16.0 Å². The summed E-state index contributed by atoms with van der Waals surface area (Å²) < 4.78 is 5.39. The second kappa shape index (κ2) is 8.72. The summed E-state index contributed by atoms with van der Waals surface area (Å²) in [5.74, 6) is -0.0495. The van der Waals surface area contributed by atoms with E-state index in [1.165, 1.54) is 11.3 Å². The van der Waals surface area contributed by atoms with E-state index in [0.29, 0.717) is 0 Å². The van der Waals surface area contributed by atoms with Crippen LogP contribution in [-0.4, -0.2) is 38.3 Å². The minimum absolute atomic E-state index is 0.0495. The summed E-state index contributed by atoms with van der Waals surface area (Å²) in [6.07, 6.45) is 0.993. The Kier molecular flexibility index (Phi) is 6.12. The molecular formula is C21H27N3O2. The molecule has 0 unspecified atom stereocenters. The van der Waals surface area contributed by atoms with Gasteiger partial charge in [-0.05, 0) is 55.3 Å². The number of ether oxygens (including phenoxy) is 1. The van der Waals surface area contributed by atoms with Gasteiger partial charge in [0.05, 0.1) is 13.2 Å². The number of carbonyl (C=O) groups excluding carboxylic acids is 1. The first-order valence-electron chi connectivity index (χ1n) is 9.25. The first-order valence-corrected chi connectivity index (χ1v) is 9.25. The van der Waals surface area contributed by atoms with Crippen molar-refractivity contribution >= 4 is 23.0 Å². The van der Waals surface area contributed by atoms with Gasteiger partial charge in [0, 0.05) is 30.2 Å². The van der Waals surface area contributed by atoms with Crippen molar-refractivity contribution in [2.45, 2.75) is 26.3 Å². The van der Waals surface area contributed by atoms with Crippen molar-refractivity contribution in [3.8, 4) is 0 Å². The Morgan fingerprint density at radius 3 is 2.27 bits per heavy atom. The summed E-state index contributed by atoms with van der Waals surface area (Å²) in [4.78, 5) is 14.7. The molecule has 1 aliphatic heterocycles. The first-order chi connectivity index (χ1) is 12.7. The third-order valence-corrected chi connectivity index (χ3v) is 4.65. The Hall–Kier alpha value is -2.53. The molecule has 0 aromatic heterocycles. The molecule has 2 aromatic rings. The van der Waals surface area contributed by atoms with Crippen LogP contribution in [0.15, 0.2) is 48.5 Å². The van der Waals surface area contributed by atoms with Gasteiger partial charge in [-0.1, -0.05) is 19.1 Å². The molecule has 1 heterocycles. The van der Waals surface area contributed by atoms with E-state index < -0.39 is 0 Å². The fraction of sp³-hybridized carbons (Fsp3) is 0.381. The van der Waals surface area contributed by atoms with Crippen molar-refractivity contribution in [2.75, 3.05) is 41.8 Å². The van der Waals surface area contributed by atoms with E-state index in [0.717, 1.165) is 44.1 Å². The number of hydrogen-bond donors (Lipinski definition) is 2. The highest BCUT2D eigenvalue weighted by Gasteiger charge is 2.14. The summed E-state index contributed by atoms with van der Waals surface area (Å²) in [6, 6.07) is 15.9. The van der Waals surface area contributed by atoms with Crippen LogP contribution in [0.3, 0.4) is 0 Å². The van der Waals surface area contributed by atoms with Gasteiger partial charge < -0.3 is 20.3 Å². The minimum atomic E-state index is -0.324. The summed E-state index contributed by atoms with van der Waals surface area (Å²) in [5.41, 5.74) is 4.20. The van der Waals surface area contributed by atoms with E-state index in [1.54, 1.807) is 0 Å². The molecule has 0 saturated carbocycles. The maximum atomic E-state index is 12.4. The number of amides is 1. The maximum Gasteiger partial charge on any atom is 0.246 e. The Bertz CT molecular complexity index is 707. The highest BCUT2D eigenvalue weighted by Crippen LogP contribution is 2.20. The Balaban J connectivity index is 1.54. The normalized spacial score (nSPS) is 15.4. The van der Waals surface area contributed by atoms with Crippen molar-refractivity contribution in [3.63, 3.8) is 0 Å². The summed E-state index contributed by atoms with van der Waals surface area (Å²) in [5, 5.41) is 6.21. The topological polar surface area (TPSA) is 53.6 Å². The SMILES string of the molecule is CCc1ccc(NC(=O)[C@@H](C)Nc2ccc(N3CCOCC3)cc2)cc1. The quantitative estimate of drug-likeness (QED) is 0.834. The average molecular weight is 353 g/mol. The van der Waals surface area contributed by atoms with Crippen LogP contribution in [0.1, 0.15) is 19.4 Å². The molecule has 0 aliphatic carbocycles. The number of nitrogens with one attached hydrogen (secondary N) is 2. The number of benzene rings is 2. The lowest BCUT2D eigenvalue weighted by Gasteiger charge is -2.29. The van der Waals surface area contributed by atoms with Gasteiger partial charge in [0.25, 0.3) is 0 Å². The number of anilines is 3. The molecule has 138 valence electrons. The molecule has 5 heteroatoms. The second-order valence-electron chi connectivity index (χ2n) is 6.55. The first kappa shape index (κ1) is 18.3. The van der Waals surface area contributed by atoms with Gasteiger partial charge in [0.15, 0.2) is 0 Å². The zero-order chi connectivity index (χ0) is 18.4. The number of nitrogens with zero attached hydrogens (tertiary/aromatic N) is 1. The molecule has 5 nitrogen and oxygen atoms in total. The lowest BCUT2D eigenvalue weighted by molar-refractivity contribution is -0.116. The molecule has 0 radical (unpaired) electrons.